The van der Waals surface area contributed by atoms with E-state index in [0.717, 1.165) is 5.56 Å². The van der Waals surface area contributed by atoms with Gasteiger partial charge in [0.15, 0.2) is 6.54 Å². The Labute approximate surface area is 225 Å². The van der Waals surface area contributed by atoms with Gasteiger partial charge in [-0.3, -0.25) is 4.79 Å². The lowest BCUT2D eigenvalue weighted by molar-refractivity contribution is -0.714. The van der Waals surface area contributed by atoms with E-state index in [0.29, 0.717) is 34.7 Å². The van der Waals surface area contributed by atoms with Crippen molar-refractivity contribution in [1.29, 1.82) is 0 Å². The second-order valence-corrected chi connectivity index (χ2v) is 9.66. The molecule has 0 radical (unpaired) electrons. The number of benzene rings is 1. The van der Waals surface area contributed by atoms with Crippen LogP contribution < -0.4 is 31.9 Å². The van der Waals surface area contributed by atoms with Crippen molar-refractivity contribution in [1.82, 2.24) is 14.7 Å². The maximum atomic E-state index is 13.4. The Bertz CT molecular complexity index is 1290. The summed E-state index contributed by atoms with van der Waals surface area (Å²) in [6.45, 7) is 9.97. The number of hydrogen-bond donors (Lipinski definition) is 2. The van der Waals surface area contributed by atoms with Crippen LogP contribution in [0, 0.1) is 13.8 Å². The molecule has 0 amide bonds. The summed E-state index contributed by atoms with van der Waals surface area (Å²) in [7, 11) is 0. The Hall–Kier alpha value is -3.12. The number of halogens is 4. The number of ketones is 1. The Morgan fingerprint density at radius 1 is 1.13 bits per heavy atom. The van der Waals surface area contributed by atoms with Gasteiger partial charge in [-0.1, -0.05) is 25.3 Å². The molecule has 13 heteroatoms. The van der Waals surface area contributed by atoms with E-state index < -0.39 is 12.7 Å². The third-order valence-electron chi connectivity index (χ3n) is 5.75. The zero-order valence-corrected chi connectivity index (χ0v) is 23.0. The molecule has 0 bridgehead atoms. The summed E-state index contributed by atoms with van der Waals surface area (Å²) in [4.78, 5) is 13.4. The number of hydrogen-bond acceptors (Lipinski definition) is 7. The highest BCUT2D eigenvalue weighted by atomic mass is 35.5. The van der Waals surface area contributed by atoms with Crippen molar-refractivity contribution < 1.29 is 49.6 Å². The molecule has 2 aromatic heterocycles. The van der Waals surface area contributed by atoms with E-state index in [9.17, 15) is 18.0 Å². The van der Waals surface area contributed by atoms with E-state index in [-0.39, 0.29) is 55.2 Å². The van der Waals surface area contributed by atoms with E-state index in [1.54, 1.807) is 32.9 Å². The number of Topliss-reactive ketones (excluding diaryl/α,β-unsaturated/α-hetero) is 1. The molecular formula is C25H33ClF3N5O4. The number of fused-ring (bicyclic) bond motifs is 1. The quantitative estimate of drug-likeness (QED) is 0.276. The van der Waals surface area contributed by atoms with Crippen LogP contribution in [0.4, 0.5) is 19.1 Å². The van der Waals surface area contributed by atoms with Crippen molar-refractivity contribution in [2.45, 2.75) is 59.7 Å². The maximum Gasteiger partial charge on any atom is 0.405 e. The van der Waals surface area contributed by atoms with Crippen LogP contribution in [0.2, 0.25) is 0 Å². The number of nitrogens with one attached hydrogen (secondary N) is 1. The molecule has 0 saturated heterocycles. The highest BCUT2D eigenvalue weighted by Crippen LogP contribution is 2.28. The van der Waals surface area contributed by atoms with Crippen LogP contribution in [-0.2, 0) is 12.0 Å². The molecule has 3 aromatic rings. The first-order valence-corrected chi connectivity index (χ1v) is 11.9. The molecule has 0 spiro atoms. The van der Waals surface area contributed by atoms with Crippen LogP contribution in [0.1, 0.15) is 54.7 Å². The van der Waals surface area contributed by atoms with E-state index in [2.05, 4.69) is 15.5 Å². The first-order valence-electron chi connectivity index (χ1n) is 11.9. The Kier molecular flexibility index (Phi) is 9.95. The summed E-state index contributed by atoms with van der Waals surface area (Å²) >= 11 is 0. The van der Waals surface area contributed by atoms with Crippen molar-refractivity contribution >= 4 is 17.4 Å². The van der Waals surface area contributed by atoms with Crippen LogP contribution in [0.25, 0.3) is 5.65 Å². The molecule has 0 unspecified atom stereocenters. The Morgan fingerprint density at radius 3 is 2.39 bits per heavy atom. The van der Waals surface area contributed by atoms with Crippen LogP contribution in [0.15, 0.2) is 18.2 Å². The minimum atomic E-state index is -4.48. The lowest BCUT2D eigenvalue weighted by Gasteiger charge is -2.21. The molecule has 0 saturated carbocycles. The highest BCUT2D eigenvalue weighted by Gasteiger charge is 2.32. The van der Waals surface area contributed by atoms with Crippen LogP contribution in [0.5, 0.6) is 11.6 Å². The highest BCUT2D eigenvalue weighted by molar-refractivity contribution is 5.95. The molecule has 0 aliphatic heterocycles. The van der Waals surface area contributed by atoms with Gasteiger partial charge in [-0.15, -0.1) is 4.68 Å². The fraction of sp³-hybridized carbons (Fsp3) is 0.520. The van der Waals surface area contributed by atoms with Crippen molar-refractivity contribution in [2.75, 3.05) is 31.7 Å². The predicted octanol–water partition coefficient (Wildman–Crippen LogP) is 0.562. The predicted molar refractivity (Wildman–Crippen MR) is 130 cm³/mol. The Morgan fingerprint density at radius 2 is 1.82 bits per heavy atom. The van der Waals surface area contributed by atoms with Crippen molar-refractivity contribution in [3.8, 4) is 11.6 Å². The fourth-order valence-corrected chi connectivity index (χ4v) is 3.70. The zero-order chi connectivity index (χ0) is 27.5. The molecule has 2 heterocycles. The molecular weight excluding hydrogens is 527 g/mol. The number of aryl methyl sites for hydroxylation is 1. The molecule has 0 atom stereocenters. The number of ether oxygens (including phenoxy) is 2. The van der Waals surface area contributed by atoms with E-state index in [4.69, 9.17) is 14.6 Å². The van der Waals surface area contributed by atoms with E-state index >= 15 is 0 Å². The van der Waals surface area contributed by atoms with Gasteiger partial charge in [0.2, 0.25) is 5.78 Å². The molecule has 0 aliphatic rings. The van der Waals surface area contributed by atoms with Gasteiger partial charge in [-0.2, -0.15) is 13.2 Å². The number of anilines is 1. The number of aliphatic hydroxyl groups excluding tert-OH is 1. The lowest BCUT2D eigenvalue weighted by atomic mass is 9.85. The normalized spacial score (nSPS) is 11.8. The van der Waals surface area contributed by atoms with Crippen LogP contribution in [-0.4, -0.2) is 58.1 Å². The van der Waals surface area contributed by atoms with Gasteiger partial charge in [0.05, 0.1) is 18.8 Å². The van der Waals surface area contributed by atoms with E-state index in [1.165, 1.54) is 9.20 Å². The molecule has 2 N–H and O–H groups in total. The number of carbonyl (C=O) groups excluding carboxylic acids is 1. The summed E-state index contributed by atoms with van der Waals surface area (Å²) in [5.41, 5.74) is 2.63. The molecule has 0 fully saturated rings. The van der Waals surface area contributed by atoms with Gasteiger partial charge < -0.3 is 32.3 Å². The van der Waals surface area contributed by atoms with Gasteiger partial charge in [0, 0.05) is 11.1 Å². The minimum Gasteiger partial charge on any atom is -1.00 e. The third kappa shape index (κ3) is 7.25. The van der Waals surface area contributed by atoms with Gasteiger partial charge in [-0.25, -0.2) is 0 Å². The van der Waals surface area contributed by atoms with Crippen LogP contribution >= 0.6 is 0 Å². The smallest absolute Gasteiger partial charge is 0.405 e. The standard InChI is InChI=1S/C25H33F3N5O4.ClH/c1-7-36-21-15(2)16(3)22-32(31-23(33(22)30-21)29-14-25(26,27)28)13-20(35)17-10-18(24(4,5)6)12-19(11-17)37-9-8-34;/h10-12,34H,7-9,13-14H2,1-6H3,(H,29,31);1H/q+1;/p-1. The van der Waals surface area contributed by atoms with Crippen molar-refractivity contribution in [3.05, 3.63) is 40.5 Å². The summed E-state index contributed by atoms with van der Waals surface area (Å²) in [6, 6.07) is 5.16. The fourth-order valence-electron chi connectivity index (χ4n) is 3.70. The third-order valence-corrected chi connectivity index (χ3v) is 5.75. The Balaban J connectivity index is 0.00000507. The van der Waals surface area contributed by atoms with Gasteiger partial charge in [-0.05, 0) is 60.1 Å². The average Bonchev–Trinajstić information content (AvgIpc) is 3.15. The zero-order valence-electron chi connectivity index (χ0n) is 22.2. The molecule has 1 aromatic carbocycles. The van der Waals surface area contributed by atoms with E-state index in [1.807, 2.05) is 26.8 Å². The monoisotopic (exact) mass is 559 g/mol. The second kappa shape index (κ2) is 12.2. The number of alkyl halides is 3. The second-order valence-electron chi connectivity index (χ2n) is 9.66. The molecule has 210 valence electrons. The average molecular weight is 560 g/mol. The topological polar surface area (TPSA) is 102 Å². The molecule has 0 aliphatic carbocycles. The van der Waals surface area contributed by atoms with Crippen molar-refractivity contribution in [3.63, 3.8) is 0 Å². The summed E-state index contributed by atoms with van der Waals surface area (Å²) in [5, 5.41) is 20.0. The number of aromatic nitrogens is 4. The number of carbonyl (C=O) groups is 1. The largest absolute Gasteiger partial charge is 1.00 e. The summed E-state index contributed by atoms with van der Waals surface area (Å²) in [5.74, 6) is 0.215. The molecule has 3 rings (SSSR count). The maximum absolute atomic E-state index is 13.4. The SMILES string of the molecule is CCOc1nn2c(NCC(F)(F)F)n[n+](CC(=O)c3cc(OCCO)cc(C(C)(C)C)c3)c2c(C)c1C.[Cl-]. The number of rotatable bonds is 10. The van der Waals surface area contributed by atoms with Crippen molar-refractivity contribution in [2.24, 2.45) is 0 Å². The first-order chi connectivity index (χ1) is 17.2. The lowest BCUT2D eigenvalue weighted by Crippen LogP contribution is -3.00. The number of nitrogens with zero attached hydrogens (tertiary/aromatic N) is 4. The summed E-state index contributed by atoms with van der Waals surface area (Å²) < 4.78 is 52.5. The van der Waals surface area contributed by atoms with Crippen LogP contribution in [0.3, 0.4) is 0 Å². The van der Waals surface area contributed by atoms with Gasteiger partial charge >= 0.3 is 17.8 Å². The molecule has 9 nitrogen and oxygen atoms in total. The minimum absolute atomic E-state index is 0. The number of aliphatic hydroxyl groups is 1. The van der Waals surface area contributed by atoms with Gasteiger partial charge in [0.25, 0.3) is 5.88 Å². The molecule has 38 heavy (non-hydrogen) atoms. The van der Waals surface area contributed by atoms with Gasteiger partial charge in [0.1, 0.15) is 18.9 Å². The first kappa shape index (κ1) is 31.1. The summed E-state index contributed by atoms with van der Waals surface area (Å²) in [6.07, 6.45) is -4.48.